The van der Waals surface area contributed by atoms with Gasteiger partial charge in [0.15, 0.2) is 0 Å². The average Bonchev–Trinajstić information content (AvgIpc) is 2.53. The first-order valence-corrected chi connectivity index (χ1v) is 10.3. The highest BCUT2D eigenvalue weighted by Gasteiger charge is 2.22. The Labute approximate surface area is 106 Å². The smallest absolute Gasteiger partial charge is 0.282 e. The molecule has 98 valence electrons. The fourth-order valence-electron chi connectivity index (χ4n) is 1.80. The maximum Gasteiger partial charge on any atom is 0.282 e. The fourth-order valence-corrected chi connectivity index (χ4v) is 3.11. The van der Waals surface area contributed by atoms with Gasteiger partial charge < -0.3 is 4.74 Å². The molecule has 0 aromatic carbocycles. The summed E-state index contributed by atoms with van der Waals surface area (Å²) in [6, 6.07) is 0. The second-order valence-electron chi connectivity index (χ2n) is 5.92. The van der Waals surface area contributed by atoms with Gasteiger partial charge in [0.25, 0.3) is 5.82 Å². The van der Waals surface area contributed by atoms with Crippen molar-refractivity contribution in [3.8, 4) is 0 Å². The summed E-state index contributed by atoms with van der Waals surface area (Å²) in [5, 5.41) is 0. The minimum Gasteiger partial charge on any atom is -0.369 e. The summed E-state index contributed by atoms with van der Waals surface area (Å²) >= 11 is 0. The highest BCUT2D eigenvalue weighted by molar-refractivity contribution is 6.74. The van der Waals surface area contributed by atoms with Crippen LogP contribution in [0.3, 0.4) is 0 Å². The summed E-state index contributed by atoms with van der Waals surface area (Å²) in [6.07, 6.45) is 7.82. The maximum absolute atomic E-state index is 5.73. The van der Waals surface area contributed by atoms with Crippen LogP contribution in [0.25, 0.3) is 0 Å². The molecule has 0 aliphatic rings. The Hall–Kier alpha value is -0.613. The molecular formula is C13H27N2OSi+. The first kappa shape index (κ1) is 14.4. The molecule has 0 unspecified atom stereocenters. The van der Waals surface area contributed by atoms with Crippen LogP contribution in [0.4, 0.5) is 0 Å². The molecule has 3 nitrogen and oxygen atoms in total. The van der Waals surface area contributed by atoms with Gasteiger partial charge in [0.05, 0.1) is 21.3 Å². The average molecular weight is 255 g/mol. The zero-order valence-electron chi connectivity index (χ0n) is 12.0. The molecule has 0 radical (unpaired) electrons. The van der Waals surface area contributed by atoms with Crippen LogP contribution in [0.1, 0.15) is 25.6 Å². The van der Waals surface area contributed by atoms with Gasteiger partial charge in [0, 0.05) is 6.61 Å². The molecule has 0 aliphatic carbocycles. The van der Waals surface area contributed by atoms with Crippen LogP contribution in [-0.4, -0.2) is 19.2 Å². The number of unbranched alkanes of at least 4 members (excludes halogenated alkanes) is 1. The number of ether oxygens (including phenoxy) is 1. The Morgan fingerprint density at radius 3 is 2.65 bits per heavy atom. The zero-order valence-corrected chi connectivity index (χ0v) is 13.0. The van der Waals surface area contributed by atoms with E-state index < -0.39 is 8.07 Å². The van der Waals surface area contributed by atoms with Crippen molar-refractivity contribution in [1.82, 2.24) is 4.57 Å². The van der Waals surface area contributed by atoms with Gasteiger partial charge in [-0.2, -0.15) is 0 Å². The predicted octanol–water partition coefficient (Wildman–Crippen LogP) is 2.51. The number of aromatic nitrogens is 2. The third kappa shape index (κ3) is 5.04. The number of rotatable bonds is 7. The maximum atomic E-state index is 5.73. The number of nitrogens with zero attached hydrogens (tertiary/aromatic N) is 2. The van der Waals surface area contributed by atoms with E-state index in [9.17, 15) is 0 Å². The highest BCUT2D eigenvalue weighted by Crippen LogP contribution is 2.07. The van der Waals surface area contributed by atoms with Crippen molar-refractivity contribution in [3.63, 3.8) is 0 Å². The van der Waals surface area contributed by atoms with E-state index in [2.05, 4.69) is 55.1 Å². The van der Waals surface area contributed by atoms with Gasteiger partial charge >= 0.3 is 0 Å². The van der Waals surface area contributed by atoms with Crippen molar-refractivity contribution in [2.45, 2.75) is 52.2 Å². The van der Waals surface area contributed by atoms with Crippen LogP contribution < -0.4 is 4.57 Å². The quantitative estimate of drug-likeness (QED) is 0.416. The molecule has 0 saturated carbocycles. The largest absolute Gasteiger partial charge is 0.369 e. The van der Waals surface area contributed by atoms with Crippen LogP contribution in [0, 0.1) is 0 Å². The van der Waals surface area contributed by atoms with E-state index in [1.54, 1.807) is 0 Å². The highest BCUT2D eigenvalue weighted by atomic mass is 28.3. The van der Waals surface area contributed by atoms with Crippen LogP contribution in [-0.2, 0) is 24.6 Å². The van der Waals surface area contributed by atoms with Gasteiger partial charge in [0.2, 0.25) is 0 Å². The lowest BCUT2D eigenvalue weighted by Gasteiger charge is -2.14. The summed E-state index contributed by atoms with van der Waals surface area (Å²) < 4.78 is 10.3. The van der Waals surface area contributed by atoms with Gasteiger partial charge in [-0.1, -0.05) is 33.0 Å². The standard InChI is InChI=1S/C13H27N2OSi/c1-6-7-10-16-11-13-14(2)8-9-15(13)12-17(3,4)5/h8-9H,6-7,10-12H2,1-5H3/q+1. The fraction of sp³-hybridized carbons (Fsp3) is 0.769. The minimum absolute atomic E-state index is 0.730. The third-order valence-electron chi connectivity index (χ3n) is 2.73. The van der Waals surface area contributed by atoms with Gasteiger partial charge in [-0.3, -0.25) is 0 Å². The van der Waals surface area contributed by atoms with Crippen molar-refractivity contribution >= 4 is 8.07 Å². The molecule has 1 rings (SSSR count). The van der Waals surface area contributed by atoms with Crippen LogP contribution in [0.15, 0.2) is 12.4 Å². The van der Waals surface area contributed by atoms with E-state index in [1.807, 2.05) is 0 Å². The van der Waals surface area contributed by atoms with Crippen molar-refractivity contribution in [1.29, 1.82) is 0 Å². The van der Waals surface area contributed by atoms with Crippen molar-refractivity contribution in [2.24, 2.45) is 7.05 Å². The Bertz CT molecular complexity index is 342. The molecule has 17 heavy (non-hydrogen) atoms. The van der Waals surface area contributed by atoms with Crippen molar-refractivity contribution in [2.75, 3.05) is 6.61 Å². The monoisotopic (exact) mass is 255 g/mol. The Morgan fingerprint density at radius 2 is 2.06 bits per heavy atom. The van der Waals surface area contributed by atoms with E-state index in [0.717, 1.165) is 19.6 Å². The number of imidazole rings is 1. The van der Waals surface area contributed by atoms with E-state index in [4.69, 9.17) is 4.74 Å². The second kappa shape index (κ2) is 6.35. The molecule has 0 fully saturated rings. The second-order valence-corrected chi connectivity index (χ2v) is 11.4. The molecule has 4 heteroatoms. The van der Waals surface area contributed by atoms with Crippen LogP contribution in [0.5, 0.6) is 0 Å². The minimum atomic E-state index is -1.08. The number of hydrogen-bond acceptors (Lipinski definition) is 1. The number of aryl methyl sites for hydroxylation is 1. The molecule has 0 bridgehead atoms. The third-order valence-corrected chi connectivity index (χ3v) is 4.02. The number of hydrogen-bond donors (Lipinski definition) is 0. The lowest BCUT2D eigenvalue weighted by Crippen LogP contribution is -2.36. The van der Waals surface area contributed by atoms with E-state index in [0.29, 0.717) is 0 Å². The summed E-state index contributed by atoms with van der Waals surface area (Å²) in [6.45, 7) is 11.0. The summed E-state index contributed by atoms with van der Waals surface area (Å²) in [5.41, 5.74) is 0. The molecule has 1 heterocycles. The molecule has 0 N–H and O–H groups in total. The summed E-state index contributed by atoms with van der Waals surface area (Å²) in [4.78, 5) is 0. The van der Waals surface area contributed by atoms with Gasteiger partial charge in [0.1, 0.15) is 19.0 Å². The molecule has 0 saturated heterocycles. The molecule has 0 aliphatic heterocycles. The van der Waals surface area contributed by atoms with Gasteiger partial charge in [-0.15, -0.1) is 0 Å². The van der Waals surface area contributed by atoms with E-state index in [-0.39, 0.29) is 0 Å². The summed E-state index contributed by atoms with van der Waals surface area (Å²) in [5.74, 6) is 1.28. The van der Waals surface area contributed by atoms with Crippen molar-refractivity contribution in [3.05, 3.63) is 18.2 Å². The molecular weight excluding hydrogens is 228 g/mol. The molecule has 0 spiro atoms. The van der Waals surface area contributed by atoms with Crippen molar-refractivity contribution < 1.29 is 9.30 Å². The van der Waals surface area contributed by atoms with Gasteiger partial charge in [-0.05, 0) is 6.42 Å². The zero-order chi connectivity index (χ0) is 12.9. The Morgan fingerprint density at radius 1 is 1.35 bits per heavy atom. The Balaban J connectivity index is 2.60. The predicted molar refractivity (Wildman–Crippen MR) is 73.5 cm³/mol. The molecule has 0 amide bonds. The van der Waals surface area contributed by atoms with Crippen LogP contribution >= 0.6 is 0 Å². The molecule has 1 aromatic rings. The molecule has 0 atom stereocenters. The lowest BCUT2D eigenvalue weighted by molar-refractivity contribution is -0.680. The van der Waals surface area contributed by atoms with E-state index in [1.165, 1.54) is 18.4 Å². The normalized spacial score (nSPS) is 12.1. The van der Waals surface area contributed by atoms with E-state index >= 15 is 0 Å². The topological polar surface area (TPSA) is 18.0 Å². The van der Waals surface area contributed by atoms with Crippen LogP contribution in [0.2, 0.25) is 19.6 Å². The first-order chi connectivity index (χ1) is 7.94. The molecule has 1 aromatic heterocycles. The lowest BCUT2D eigenvalue weighted by atomic mass is 10.4. The summed E-state index contributed by atoms with van der Waals surface area (Å²) in [7, 11) is 1.02. The van der Waals surface area contributed by atoms with Gasteiger partial charge in [-0.25, -0.2) is 9.13 Å². The first-order valence-electron chi connectivity index (χ1n) is 6.55. The Kier molecular flexibility index (Phi) is 5.40. The SMILES string of the molecule is CCCCOCc1n(C[Si](C)(C)C)cc[n+]1C.